The van der Waals surface area contributed by atoms with Gasteiger partial charge >= 0.3 is 0 Å². The van der Waals surface area contributed by atoms with Crippen molar-refractivity contribution in [3.63, 3.8) is 0 Å². The number of hydrogen-bond acceptors (Lipinski definition) is 2. The number of anilines is 2. The number of ether oxygens (including phenoxy) is 1. The van der Waals surface area contributed by atoms with Gasteiger partial charge in [-0.05, 0) is 60.2 Å². The number of benzene rings is 3. The summed E-state index contributed by atoms with van der Waals surface area (Å²) in [6, 6.07) is 24.3. The number of nitrogens with zero attached hydrogens (tertiary/aromatic N) is 1. The van der Waals surface area contributed by atoms with Crippen LogP contribution in [-0.4, -0.2) is 11.6 Å². The van der Waals surface area contributed by atoms with Crippen molar-refractivity contribution >= 4 is 51.8 Å². The van der Waals surface area contributed by atoms with Crippen molar-refractivity contribution in [3.8, 4) is 0 Å². The van der Waals surface area contributed by atoms with Crippen molar-refractivity contribution < 1.29 is 4.74 Å². The lowest BCUT2D eigenvalue weighted by atomic mass is 9.99. The molecule has 1 unspecified atom stereocenters. The van der Waals surface area contributed by atoms with E-state index in [4.69, 9.17) is 40.2 Å². The first-order valence-corrected chi connectivity index (χ1v) is 9.25. The first-order chi connectivity index (χ1) is 12.6. The van der Waals surface area contributed by atoms with E-state index >= 15 is 0 Å². The number of rotatable bonds is 2. The molecule has 1 radical (unpaired) electrons. The second-order valence-corrected chi connectivity index (χ2v) is 7.28. The highest BCUT2D eigenvalue weighted by Crippen LogP contribution is 2.40. The fraction of sp³-hybridized carbons (Fsp3) is 0.0952. The van der Waals surface area contributed by atoms with E-state index in [9.17, 15) is 0 Å². The average molecular weight is 399 g/mol. The Balaban J connectivity index is 1.85. The van der Waals surface area contributed by atoms with Crippen molar-refractivity contribution in [2.75, 3.05) is 11.5 Å². The molecule has 0 spiro atoms. The Morgan fingerprint density at radius 1 is 1.04 bits per heavy atom. The summed E-state index contributed by atoms with van der Waals surface area (Å²) in [4.78, 5) is 2.71. The van der Waals surface area contributed by atoms with Gasteiger partial charge in [-0.1, -0.05) is 53.6 Å². The molecule has 5 heteroatoms. The molecule has 1 heterocycles. The average Bonchev–Trinajstić information content (AvgIpc) is 2.79. The topological polar surface area (TPSA) is 12.5 Å². The van der Waals surface area contributed by atoms with Crippen LogP contribution in [0.5, 0.6) is 0 Å². The van der Waals surface area contributed by atoms with Gasteiger partial charge in [-0.2, -0.15) is 0 Å². The molecule has 3 aromatic rings. The molecule has 1 atom stereocenters. The number of halogens is 2. The Morgan fingerprint density at radius 3 is 2.62 bits per heavy atom. The summed E-state index contributed by atoms with van der Waals surface area (Å²) >= 11 is 17.9. The van der Waals surface area contributed by atoms with E-state index in [0.717, 1.165) is 22.5 Å². The Bertz CT molecular complexity index is 958. The second-order valence-electron chi connectivity index (χ2n) is 5.94. The minimum atomic E-state index is -0.267. The zero-order valence-electron chi connectivity index (χ0n) is 13.7. The van der Waals surface area contributed by atoms with Crippen LogP contribution in [0.4, 0.5) is 11.4 Å². The zero-order chi connectivity index (χ0) is 18.1. The maximum absolute atomic E-state index is 6.19. The van der Waals surface area contributed by atoms with Crippen LogP contribution in [0.15, 0.2) is 66.7 Å². The zero-order valence-corrected chi connectivity index (χ0v) is 16.0. The molecule has 2 nitrogen and oxygen atoms in total. The van der Waals surface area contributed by atoms with E-state index in [0.29, 0.717) is 21.6 Å². The summed E-state index contributed by atoms with van der Waals surface area (Å²) in [5.74, 6) is 0. The highest BCUT2D eigenvalue weighted by Gasteiger charge is 2.28. The van der Waals surface area contributed by atoms with Gasteiger partial charge in [-0.15, -0.1) is 0 Å². The van der Waals surface area contributed by atoms with Gasteiger partial charge < -0.3 is 9.64 Å². The van der Waals surface area contributed by atoms with Gasteiger partial charge in [0, 0.05) is 21.3 Å². The molecule has 0 saturated carbocycles. The van der Waals surface area contributed by atoms with Crippen molar-refractivity contribution in [2.24, 2.45) is 0 Å². The Labute approximate surface area is 167 Å². The van der Waals surface area contributed by atoms with Crippen LogP contribution in [0.3, 0.4) is 0 Å². The monoisotopic (exact) mass is 398 g/mol. The molecule has 1 aliphatic heterocycles. The molecule has 0 fully saturated rings. The molecule has 0 saturated heterocycles. The van der Waals surface area contributed by atoms with E-state index < -0.39 is 0 Å². The third-order valence-electron chi connectivity index (χ3n) is 4.25. The van der Waals surface area contributed by atoms with Crippen LogP contribution < -0.4 is 4.90 Å². The highest BCUT2D eigenvalue weighted by atomic mass is 35.5. The van der Waals surface area contributed by atoms with Crippen LogP contribution >= 0.6 is 35.4 Å². The Hall–Kier alpha value is -1.91. The number of hydrogen-bond donors (Lipinski definition) is 0. The largest absolute Gasteiger partial charge is 0.362 e. The van der Waals surface area contributed by atoms with Gasteiger partial charge in [0.2, 0.25) is 0 Å². The van der Waals surface area contributed by atoms with Gasteiger partial charge in [0.25, 0.3) is 0 Å². The summed E-state index contributed by atoms with van der Waals surface area (Å²) in [5.41, 5.74) is 3.89. The Kier molecular flexibility index (Phi) is 4.96. The molecule has 4 rings (SSSR count). The predicted molar refractivity (Wildman–Crippen MR) is 111 cm³/mol. The fourth-order valence-electron chi connectivity index (χ4n) is 3.11. The molecule has 0 aromatic heterocycles. The molecule has 1 aliphatic rings. The van der Waals surface area contributed by atoms with E-state index in [1.54, 1.807) is 0 Å². The molecule has 0 N–H and O–H groups in total. The molecular weight excluding hydrogens is 385 g/mol. The summed E-state index contributed by atoms with van der Waals surface area (Å²) in [5, 5.41) is 1.36. The SMILES string of the molecule is S=C1COC(c2cccc(Cl)c2)c2c[c]ccc2N1c1ccc(Cl)cc1. The summed E-state index contributed by atoms with van der Waals surface area (Å²) in [6.45, 7) is 0.323. The predicted octanol–water partition coefficient (Wildman–Crippen LogP) is 6.38. The lowest BCUT2D eigenvalue weighted by molar-refractivity contribution is 0.116. The van der Waals surface area contributed by atoms with Gasteiger partial charge in [-0.25, -0.2) is 0 Å². The molecule has 26 heavy (non-hydrogen) atoms. The van der Waals surface area contributed by atoms with E-state index in [1.165, 1.54) is 0 Å². The molecule has 0 aliphatic carbocycles. The van der Waals surface area contributed by atoms with Crippen LogP contribution in [0.25, 0.3) is 0 Å². The van der Waals surface area contributed by atoms with E-state index in [-0.39, 0.29) is 6.10 Å². The highest BCUT2D eigenvalue weighted by molar-refractivity contribution is 7.80. The molecular formula is C21H14Cl2NOS. The molecule has 0 amide bonds. The quantitative estimate of drug-likeness (QED) is 0.464. The summed E-state index contributed by atoms with van der Waals surface area (Å²) in [7, 11) is 0. The number of fused-ring (bicyclic) bond motifs is 1. The normalized spacial score (nSPS) is 16.9. The lowest BCUT2D eigenvalue weighted by Crippen LogP contribution is -2.26. The standard InChI is InChI=1S/C21H14Cl2NOS/c22-15-8-10-17(11-9-15)24-19-7-2-1-6-18(19)21(25-13-20(24)26)14-4-3-5-16(23)12-14/h2-12,21H,13H2. The third kappa shape index (κ3) is 3.36. The third-order valence-corrected chi connectivity index (χ3v) is 5.04. The maximum atomic E-state index is 6.19. The van der Waals surface area contributed by atoms with E-state index in [1.807, 2.05) is 71.6 Å². The molecule has 129 valence electrons. The van der Waals surface area contributed by atoms with E-state index in [2.05, 4.69) is 6.07 Å². The molecule has 3 aromatic carbocycles. The minimum Gasteiger partial charge on any atom is -0.362 e. The number of thiocarbonyl (C=S) groups is 1. The molecule has 0 bridgehead atoms. The van der Waals surface area contributed by atoms with Crippen molar-refractivity contribution in [1.82, 2.24) is 0 Å². The van der Waals surface area contributed by atoms with Crippen molar-refractivity contribution in [2.45, 2.75) is 6.10 Å². The van der Waals surface area contributed by atoms with Gasteiger partial charge in [-0.3, -0.25) is 0 Å². The van der Waals surface area contributed by atoms with Gasteiger partial charge in [0.15, 0.2) is 0 Å². The van der Waals surface area contributed by atoms with Crippen LogP contribution in [-0.2, 0) is 4.74 Å². The van der Waals surface area contributed by atoms with Crippen molar-refractivity contribution in [1.29, 1.82) is 0 Å². The fourth-order valence-corrected chi connectivity index (χ4v) is 3.71. The summed E-state index contributed by atoms with van der Waals surface area (Å²) < 4.78 is 6.17. The first-order valence-electron chi connectivity index (χ1n) is 8.09. The van der Waals surface area contributed by atoms with Crippen LogP contribution in [0.2, 0.25) is 10.0 Å². The second kappa shape index (κ2) is 7.37. The van der Waals surface area contributed by atoms with Crippen LogP contribution in [0, 0.1) is 6.07 Å². The Morgan fingerprint density at radius 2 is 1.85 bits per heavy atom. The summed E-state index contributed by atoms with van der Waals surface area (Å²) in [6.07, 6.45) is -0.267. The first kappa shape index (κ1) is 17.5. The van der Waals surface area contributed by atoms with Crippen LogP contribution in [0.1, 0.15) is 17.2 Å². The lowest BCUT2D eigenvalue weighted by Gasteiger charge is -2.25. The maximum Gasteiger partial charge on any atom is 0.113 e. The smallest absolute Gasteiger partial charge is 0.113 e. The minimum absolute atomic E-state index is 0.267. The van der Waals surface area contributed by atoms with Gasteiger partial charge in [0.05, 0.1) is 12.3 Å². The van der Waals surface area contributed by atoms with Gasteiger partial charge in [0.1, 0.15) is 11.1 Å². The van der Waals surface area contributed by atoms with Crippen molar-refractivity contribution in [3.05, 3.63) is 94.0 Å².